The third kappa shape index (κ3) is 4.37. The molecule has 0 radical (unpaired) electrons. The van der Waals surface area contributed by atoms with Crippen LogP contribution in [0.1, 0.15) is 19.8 Å². The predicted molar refractivity (Wildman–Crippen MR) is 61.2 cm³/mol. The molecule has 2 amide bonds. The van der Waals surface area contributed by atoms with Crippen LogP contribution in [0.15, 0.2) is 0 Å². The maximum Gasteiger partial charge on any atom is 0.317 e. The van der Waals surface area contributed by atoms with Crippen molar-refractivity contribution in [3.05, 3.63) is 0 Å². The van der Waals surface area contributed by atoms with Crippen LogP contribution in [0, 0.1) is 5.92 Å². The Morgan fingerprint density at radius 3 is 2.75 bits per heavy atom. The van der Waals surface area contributed by atoms with Crippen molar-refractivity contribution in [1.82, 2.24) is 10.2 Å². The zero-order chi connectivity index (χ0) is 12.1. The van der Waals surface area contributed by atoms with Crippen molar-refractivity contribution in [1.29, 1.82) is 0 Å². The molecule has 0 saturated heterocycles. The molecule has 1 aliphatic carbocycles. The molecule has 1 fully saturated rings. The number of likely N-dealkylation sites (N-methyl/N-ethyl adjacent to an activating group) is 1. The summed E-state index contributed by atoms with van der Waals surface area (Å²) in [6.45, 7) is 2.77. The summed E-state index contributed by atoms with van der Waals surface area (Å²) in [6, 6.07) is -0.178. The molecule has 2 N–H and O–H groups in total. The summed E-state index contributed by atoms with van der Waals surface area (Å²) >= 11 is 0. The van der Waals surface area contributed by atoms with Crippen molar-refractivity contribution in [3.63, 3.8) is 0 Å². The molecule has 5 heteroatoms. The van der Waals surface area contributed by atoms with Crippen molar-refractivity contribution in [2.45, 2.75) is 31.9 Å². The Balaban J connectivity index is 2.23. The van der Waals surface area contributed by atoms with Crippen molar-refractivity contribution in [3.8, 4) is 0 Å². The molecule has 0 unspecified atom stereocenters. The molecule has 1 rings (SSSR count). The average Bonchev–Trinajstić information content (AvgIpc) is 3.00. The Morgan fingerprint density at radius 1 is 1.62 bits per heavy atom. The van der Waals surface area contributed by atoms with Gasteiger partial charge in [0.15, 0.2) is 0 Å². The molecule has 0 heterocycles. The van der Waals surface area contributed by atoms with Gasteiger partial charge in [0.2, 0.25) is 0 Å². The fourth-order valence-corrected chi connectivity index (χ4v) is 1.61. The molecule has 1 saturated carbocycles. The first-order valence-corrected chi connectivity index (χ1v) is 5.73. The number of ether oxygens (including phenoxy) is 1. The fourth-order valence-electron chi connectivity index (χ4n) is 1.61. The third-order valence-electron chi connectivity index (χ3n) is 2.76. The topological polar surface area (TPSA) is 61.8 Å². The summed E-state index contributed by atoms with van der Waals surface area (Å²) < 4.78 is 4.93. The largest absolute Gasteiger partial charge is 0.391 e. The van der Waals surface area contributed by atoms with E-state index in [1.807, 2.05) is 6.92 Å². The van der Waals surface area contributed by atoms with Crippen LogP contribution in [-0.4, -0.2) is 55.5 Å². The molecule has 16 heavy (non-hydrogen) atoms. The lowest BCUT2D eigenvalue weighted by molar-refractivity contribution is 0.110. The summed E-state index contributed by atoms with van der Waals surface area (Å²) in [5.41, 5.74) is 0. The highest BCUT2D eigenvalue weighted by Gasteiger charge is 2.31. The van der Waals surface area contributed by atoms with E-state index in [-0.39, 0.29) is 18.2 Å². The molecule has 5 nitrogen and oxygen atoms in total. The van der Waals surface area contributed by atoms with Gasteiger partial charge in [-0.1, -0.05) is 0 Å². The molecule has 0 bridgehead atoms. The number of nitrogens with zero attached hydrogens (tertiary/aromatic N) is 1. The van der Waals surface area contributed by atoms with Crippen molar-refractivity contribution < 1.29 is 14.6 Å². The van der Waals surface area contributed by atoms with Gasteiger partial charge in [0.1, 0.15) is 0 Å². The molecule has 0 aliphatic heterocycles. The van der Waals surface area contributed by atoms with Gasteiger partial charge in [-0.2, -0.15) is 0 Å². The lowest BCUT2D eigenvalue weighted by Gasteiger charge is -2.23. The molecular weight excluding hydrogens is 208 g/mol. The van der Waals surface area contributed by atoms with Crippen molar-refractivity contribution in [2.24, 2.45) is 5.92 Å². The van der Waals surface area contributed by atoms with Crippen LogP contribution in [0.5, 0.6) is 0 Å². The number of methoxy groups -OCH3 is 1. The molecule has 1 aliphatic rings. The van der Waals surface area contributed by atoms with Crippen LogP contribution in [0.25, 0.3) is 0 Å². The Kier molecular flexibility index (Phi) is 5.02. The minimum absolute atomic E-state index is 0.0157. The first-order chi connectivity index (χ1) is 7.54. The van der Waals surface area contributed by atoms with E-state index in [4.69, 9.17) is 4.74 Å². The number of urea groups is 1. The van der Waals surface area contributed by atoms with Crippen LogP contribution in [0.3, 0.4) is 0 Å². The normalized spacial score (nSPS) is 19.0. The van der Waals surface area contributed by atoms with E-state index in [1.54, 1.807) is 14.2 Å². The van der Waals surface area contributed by atoms with Crippen LogP contribution < -0.4 is 5.32 Å². The second kappa shape index (κ2) is 6.06. The number of aliphatic hydroxyl groups excluding tert-OH is 1. The molecular formula is C11H22N2O3. The van der Waals surface area contributed by atoms with Gasteiger partial charge in [-0.3, -0.25) is 0 Å². The number of aliphatic hydroxyl groups is 1. The van der Waals surface area contributed by atoms with Gasteiger partial charge in [0.25, 0.3) is 0 Å². The van der Waals surface area contributed by atoms with E-state index in [9.17, 15) is 9.90 Å². The quantitative estimate of drug-likeness (QED) is 0.695. The van der Waals surface area contributed by atoms with Gasteiger partial charge < -0.3 is 20.1 Å². The number of rotatable bonds is 6. The van der Waals surface area contributed by atoms with Gasteiger partial charge in [-0.15, -0.1) is 0 Å². The van der Waals surface area contributed by atoms with E-state index in [0.29, 0.717) is 19.1 Å². The van der Waals surface area contributed by atoms with Gasteiger partial charge in [0, 0.05) is 20.7 Å². The SMILES string of the molecule is COC[C@H](C)NC(=O)N(C)C[C@H](O)C1CC1. The standard InChI is InChI=1S/C11H22N2O3/c1-8(7-16-3)12-11(15)13(2)6-10(14)9-4-5-9/h8-10,14H,4-7H2,1-3H3,(H,12,15)/t8-,10-/m0/s1. The second-order valence-electron chi connectivity index (χ2n) is 4.59. The monoisotopic (exact) mass is 230 g/mol. The predicted octanol–water partition coefficient (Wildman–Crippen LogP) is 0.434. The number of carbonyl (C=O) groups excluding carboxylic acids is 1. The van der Waals surface area contributed by atoms with E-state index >= 15 is 0 Å². The van der Waals surface area contributed by atoms with Gasteiger partial charge in [-0.25, -0.2) is 4.79 Å². The summed E-state index contributed by atoms with van der Waals surface area (Å²) in [4.78, 5) is 13.2. The van der Waals surface area contributed by atoms with Crippen LogP contribution in [0.4, 0.5) is 4.79 Å². The van der Waals surface area contributed by atoms with Crippen molar-refractivity contribution >= 4 is 6.03 Å². The van der Waals surface area contributed by atoms with Crippen molar-refractivity contribution in [2.75, 3.05) is 27.3 Å². The second-order valence-corrected chi connectivity index (χ2v) is 4.59. The fraction of sp³-hybridized carbons (Fsp3) is 0.909. The highest BCUT2D eigenvalue weighted by Crippen LogP contribution is 2.32. The lowest BCUT2D eigenvalue weighted by Crippen LogP contribution is -2.46. The minimum atomic E-state index is -0.381. The van der Waals surface area contributed by atoms with E-state index < -0.39 is 0 Å². The van der Waals surface area contributed by atoms with E-state index in [2.05, 4.69) is 5.32 Å². The maximum absolute atomic E-state index is 11.7. The molecule has 0 aromatic carbocycles. The van der Waals surface area contributed by atoms with Gasteiger partial charge >= 0.3 is 6.03 Å². The van der Waals surface area contributed by atoms with Crippen LogP contribution in [0.2, 0.25) is 0 Å². The van der Waals surface area contributed by atoms with E-state index in [0.717, 1.165) is 12.8 Å². The number of amides is 2. The van der Waals surface area contributed by atoms with Gasteiger partial charge in [0.05, 0.1) is 18.8 Å². The number of carbonyl (C=O) groups is 1. The Bertz CT molecular complexity index is 231. The number of hydrogen-bond donors (Lipinski definition) is 2. The van der Waals surface area contributed by atoms with Crippen LogP contribution in [-0.2, 0) is 4.74 Å². The summed E-state index contributed by atoms with van der Waals surface area (Å²) in [6.07, 6.45) is 1.78. The Labute approximate surface area is 96.8 Å². The molecule has 2 atom stereocenters. The summed E-state index contributed by atoms with van der Waals surface area (Å²) in [7, 11) is 3.30. The average molecular weight is 230 g/mol. The molecule has 0 spiro atoms. The van der Waals surface area contributed by atoms with Gasteiger partial charge in [-0.05, 0) is 25.7 Å². The zero-order valence-electron chi connectivity index (χ0n) is 10.3. The van der Waals surface area contributed by atoms with E-state index in [1.165, 1.54) is 4.90 Å². The first-order valence-electron chi connectivity index (χ1n) is 5.73. The third-order valence-corrected chi connectivity index (χ3v) is 2.76. The number of nitrogens with one attached hydrogen (secondary N) is 1. The Morgan fingerprint density at radius 2 is 2.25 bits per heavy atom. The highest BCUT2D eigenvalue weighted by atomic mass is 16.5. The maximum atomic E-state index is 11.7. The molecule has 0 aromatic rings. The molecule has 94 valence electrons. The Hall–Kier alpha value is -0.810. The van der Waals surface area contributed by atoms with Crippen LogP contribution >= 0.6 is 0 Å². The summed E-state index contributed by atoms with van der Waals surface area (Å²) in [5, 5.41) is 12.5. The molecule has 0 aromatic heterocycles. The summed E-state index contributed by atoms with van der Waals surface area (Å²) in [5.74, 6) is 0.395. The zero-order valence-corrected chi connectivity index (χ0v) is 10.3. The number of hydrogen-bond acceptors (Lipinski definition) is 3. The smallest absolute Gasteiger partial charge is 0.317 e. The highest BCUT2D eigenvalue weighted by molar-refractivity contribution is 5.74. The lowest BCUT2D eigenvalue weighted by atomic mass is 10.2. The first kappa shape index (κ1) is 13.3. The minimum Gasteiger partial charge on any atom is -0.391 e.